The fraction of sp³-hybridized carbons (Fsp3) is 0.100. The van der Waals surface area contributed by atoms with Gasteiger partial charge in [0.1, 0.15) is 114 Å². The van der Waals surface area contributed by atoms with Crippen LogP contribution in [-0.2, 0) is 0 Å². The van der Waals surface area contributed by atoms with E-state index in [9.17, 15) is 47.9 Å². The smallest absolute Gasteiger partial charge is 0.238 e. The molecule has 0 amide bonds. The van der Waals surface area contributed by atoms with Crippen molar-refractivity contribution in [3.8, 4) is 114 Å². The summed E-state index contributed by atoms with van der Waals surface area (Å²) in [6, 6.07) is 69.0. The molecule has 10 heterocycles. The molecule has 20 aromatic rings. The van der Waals surface area contributed by atoms with Crippen LogP contribution in [0.4, 0.5) is 0 Å². The highest BCUT2D eigenvalue weighted by molar-refractivity contribution is 6.29. The summed E-state index contributed by atoms with van der Waals surface area (Å²) in [5.41, 5.74) is 5.81. The van der Waals surface area contributed by atoms with Crippen LogP contribution in [0.5, 0.6) is 57.5 Å². The van der Waals surface area contributed by atoms with Crippen LogP contribution in [-0.4, -0.2) is 279 Å². The van der Waals surface area contributed by atoms with E-state index in [0.717, 1.165) is 0 Å². The standard InChI is InChI=1S/5C20H14N6O4/c5*1-29-13-7-3-11(4-8-13)25-17-15(21-23-25)19(27)16-18(20(17)28)26(24-22-16)12-5-9-14(30-2)10-6-12/h5*3-10H,1-2H3. The van der Waals surface area contributed by atoms with Crippen molar-refractivity contribution in [3.63, 3.8) is 0 Å². The van der Waals surface area contributed by atoms with Gasteiger partial charge in [-0.05, 0) is 243 Å². The third kappa shape index (κ3) is 16.3. The van der Waals surface area contributed by atoms with Crippen molar-refractivity contribution >= 4 is 57.8 Å². The van der Waals surface area contributed by atoms with Crippen molar-refractivity contribution in [2.45, 2.75) is 0 Å². The number of hydrogen-bond acceptors (Lipinski definition) is 40. The second kappa shape index (κ2) is 39.0. The molecule has 0 atom stereocenters. The summed E-state index contributed by atoms with van der Waals surface area (Å²) in [6.07, 6.45) is 0. The first-order valence-electron chi connectivity index (χ1n) is 44.6. The molecule has 0 unspecified atom stereocenters. The van der Waals surface area contributed by atoms with Gasteiger partial charge in [-0.25, -0.2) is 46.8 Å². The summed E-state index contributed by atoms with van der Waals surface area (Å²) < 4.78 is 65.0. The molecule has 0 saturated heterocycles. The number of benzene rings is 10. The quantitative estimate of drug-likeness (QED) is 0.0693. The van der Waals surface area contributed by atoms with Crippen LogP contribution in [0.3, 0.4) is 0 Å². The molecule has 0 N–H and O–H groups in total. The van der Waals surface area contributed by atoms with Crippen LogP contribution in [0.2, 0.25) is 0 Å². The van der Waals surface area contributed by atoms with E-state index in [4.69, 9.17) is 47.4 Å². The van der Waals surface area contributed by atoms with Crippen molar-refractivity contribution < 1.29 is 95.3 Å². The molecule has 5 aliphatic rings. The van der Waals surface area contributed by atoms with Gasteiger partial charge >= 0.3 is 0 Å². The van der Waals surface area contributed by atoms with Gasteiger partial charge in [-0.1, -0.05) is 52.1 Å². The normalized spacial score (nSPS) is 12.5. The minimum Gasteiger partial charge on any atom is -0.497 e. The Morgan fingerprint density at radius 3 is 0.280 bits per heavy atom. The van der Waals surface area contributed by atoms with Crippen LogP contribution < -0.4 is 47.4 Å². The number of methoxy groups -OCH3 is 10. The lowest BCUT2D eigenvalue weighted by molar-refractivity contribution is 0.0966. The highest BCUT2D eigenvalue weighted by Gasteiger charge is 2.47. The van der Waals surface area contributed by atoms with E-state index in [2.05, 4.69) is 103 Å². The summed E-state index contributed by atoms with van der Waals surface area (Å²) >= 11 is 0. The number of ether oxygens (including phenoxy) is 10. The topological polar surface area (TPSA) is 570 Å². The van der Waals surface area contributed by atoms with Crippen molar-refractivity contribution in [1.82, 2.24) is 150 Å². The van der Waals surface area contributed by atoms with Crippen molar-refractivity contribution in [2.24, 2.45) is 0 Å². The lowest BCUT2D eigenvalue weighted by Gasteiger charge is -2.13. The van der Waals surface area contributed by atoms with E-state index in [1.807, 2.05) is 0 Å². The first kappa shape index (κ1) is 94.5. The fourth-order valence-electron chi connectivity index (χ4n) is 16.5. The molecule has 0 fully saturated rings. The Kier molecular flexibility index (Phi) is 24.6. The molecule has 10 aromatic heterocycles. The van der Waals surface area contributed by atoms with E-state index in [0.29, 0.717) is 114 Å². The largest absolute Gasteiger partial charge is 0.497 e. The van der Waals surface area contributed by atoms with E-state index >= 15 is 0 Å². The van der Waals surface area contributed by atoms with Crippen molar-refractivity contribution in [3.05, 3.63) is 357 Å². The van der Waals surface area contributed by atoms with Gasteiger partial charge in [-0.3, -0.25) is 47.9 Å². The van der Waals surface area contributed by atoms with E-state index in [-0.39, 0.29) is 114 Å². The van der Waals surface area contributed by atoms with Crippen molar-refractivity contribution in [2.75, 3.05) is 71.1 Å². The molecule has 0 radical (unpaired) electrons. The van der Waals surface area contributed by atoms with Gasteiger partial charge in [-0.2, -0.15) is 0 Å². The number of hydrogen-bond donors (Lipinski definition) is 0. The van der Waals surface area contributed by atoms with Gasteiger partial charge in [0.2, 0.25) is 57.8 Å². The zero-order valence-electron chi connectivity index (χ0n) is 79.7. The Hall–Kier alpha value is -21.7. The Morgan fingerprint density at radius 1 is 0.127 bits per heavy atom. The number of rotatable bonds is 20. The minimum atomic E-state index is -0.501. The first-order valence-corrected chi connectivity index (χ1v) is 44.6. The van der Waals surface area contributed by atoms with E-state index in [1.54, 1.807) is 314 Å². The third-order valence-corrected chi connectivity index (χ3v) is 24.2. The molecule has 0 spiro atoms. The van der Waals surface area contributed by atoms with Gasteiger partial charge in [0.15, 0.2) is 56.9 Å². The number of nitrogens with zero attached hydrogens (tertiary/aromatic N) is 30. The zero-order valence-corrected chi connectivity index (χ0v) is 79.7. The Bertz CT molecular complexity index is 7130. The Morgan fingerprint density at radius 2 is 0.207 bits per heavy atom. The van der Waals surface area contributed by atoms with Crippen LogP contribution in [0.1, 0.15) is 162 Å². The lowest BCUT2D eigenvalue weighted by atomic mass is 9.98. The molecule has 0 bridgehead atoms. The predicted octanol–water partition coefficient (Wildman–Crippen LogP) is 8.20. The number of aromatic nitrogens is 30. The summed E-state index contributed by atoms with van der Waals surface area (Å²) in [7, 11) is 15.6. The highest BCUT2D eigenvalue weighted by atomic mass is 16.5. The molecule has 25 rings (SSSR count). The fourth-order valence-corrected chi connectivity index (χ4v) is 16.5. The SMILES string of the molecule is COc1ccc(-n2nnc3c2C(=O)c2c(nnn2-c2ccc(OC)cc2)C3=O)cc1.COc1ccc(-n2nnc3c2C(=O)c2c(nnn2-c2ccc(OC)cc2)C3=O)cc1.COc1ccc(-n2nnc3c2C(=O)c2c(nnn2-c2ccc(OC)cc2)C3=O)cc1.COc1ccc(-n2nnc3c2C(=O)c2c(nnn2-c2ccc(OC)cc2)C3=O)cc1.COc1ccc(-n2nnc3c2C(=O)c2c(nnn2-c2ccc(OC)cc2)C3=O)cc1. The van der Waals surface area contributed by atoms with E-state index in [1.165, 1.54) is 46.8 Å². The molecule has 0 aliphatic heterocycles. The number of ketones is 10. The van der Waals surface area contributed by atoms with Gasteiger partial charge in [0, 0.05) is 0 Å². The summed E-state index contributed by atoms with van der Waals surface area (Å²) in [5, 5.41) is 79.5. The summed E-state index contributed by atoms with van der Waals surface area (Å²) in [4.78, 5) is 132. The average Bonchev–Trinajstić information content (AvgIpc) is 1.60. The molecule has 150 heavy (non-hydrogen) atoms. The van der Waals surface area contributed by atoms with Crippen LogP contribution in [0.15, 0.2) is 243 Å². The number of carbonyl (C=O) groups is 10. The number of fused-ring (bicyclic) bond motifs is 10. The number of carbonyl (C=O) groups excluding carboxylic acids is 10. The maximum Gasteiger partial charge on any atom is 0.238 e. The highest BCUT2D eigenvalue weighted by Crippen LogP contribution is 2.38. The minimum absolute atomic E-state index is 0.0508. The predicted molar refractivity (Wildman–Crippen MR) is 513 cm³/mol. The Labute approximate surface area is 841 Å². The molecule has 740 valence electrons. The zero-order chi connectivity index (χ0) is 104. The second-order valence-corrected chi connectivity index (χ2v) is 32.3. The third-order valence-electron chi connectivity index (χ3n) is 24.2. The molecule has 5 aliphatic carbocycles. The average molecular weight is 2010 g/mol. The Balaban J connectivity index is 0.000000109. The monoisotopic (exact) mass is 2010 g/mol. The lowest BCUT2D eigenvalue weighted by Crippen LogP contribution is -2.25. The molecule has 10 aromatic carbocycles. The molecular formula is C100H70N30O20. The van der Waals surface area contributed by atoms with Crippen LogP contribution >= 0.6 is 0 Å². The van der Waals surface area contributed by atoms with Crippen LogP contribution in [0.25, 0.3) is 56.9 Å². The molecule has 50 nitrogen and oxygen atoms in total. The van der Waals surface area contributed by atoms with Gasteiger partial charge in [0.05, 0.1) is 128 Å². The second-order valence-electron chi connectivity index (χ2n) is 32.3. The maximum atomic E-state index is 13.4. The van der Waals surface area contributed by atoms with E-state index < -0.39 is 57.8 Å². The van der Waals surface area contributed by atoms with Crippen LogP contribution in [0, 0.1) is 0 Å². The molecule has 50 heteroatoms. The van der Waals surface area contributed by atoms with Gasteiger partial charge in [0.25, 0.3) is 0 Å². The van der Waals surface area contributed by atoms with Gasteiger partial charge in [-0.15, -0.1) is 51.0 Å². The molecular weight excluding hydrogens is 1940 g/mol. The summed E-state index contributed by atoms with van der Waals surface area (Å²) in [6.45, 7) is 0. The first-order chi connectivity index (χ1) is 73.1. The summed E-state index contributed by atoms with van der Waals surface area (Å²) in [5.74, 6) is 1.80. The van der Waals surface area contributed by atoms with Gasteiger partial charge < -0.3 is 47.4 Å². The van der Waals surface area contributed by atoms with Crippen molar-refractivity contribution in [1.29, 1.82) is 0 Å². The maximum absolute atomic E-state index is 13.4. The molecule has 0 saturated carbocycles.